The number of hydrogen-bond acceptors (Lipinski definition) is 6. The fourth-order valence-corrected chi connectivity index (χ4v) is 2.39. The maximum Gasteiger partial charge on any atom is 0.291 e. The Morgan fingerprint density at radius 2 is 2.04 bits per heavy atom. The first-order valence-electron chi connectivity index (χ1n) is 7.68. The molecule has 0 aliphatic rings. The molecule has 0 saturated heterocycles. The van der Waals surface area contributed by atoms with E-state index in [1.165, 1.54) is 6.07 Å². The van der Waals surface area contributed by atoms with Crippen molar-refractivity contribution in [1.29, 1.82) is 0 Å². The highest BCUT2D eigenvalue weighted by atomic mass is 35.5. The van der Waals surface area contributed by atoms with E-state index >= 15 is 0 Å². The molecule has 0 aliphatic carbocycles. The molecule has 0 radical (unpaired) electrons. The number of carbonyl (C=O) groups is 1. The van der Waals surface area contributed by atoms with Crippen LogP contribution < -0.4 is 10.1 Å². The molecule has 0 aliphatic heterocycles. The van der Waals surface area contributed by atoms with Gasteiger partial charge in [0.2, 0.25) is 0 Å². The predicted molar refractivity (Wildman–Crippen MR) is 97.2 cm³/mol. The van der Waals surface area contributed by atoms with Crippen molar-refractivity contribution in [2.45, 2.75) is 6.61 Å². The number of hydrogen-bond donors (Lipinski definition) is 2. The molecular weight excluding hydrogens is 376 g/mol. The summed E-state index contributed by atoms with van der Waals surface area (Å²) in [6.07, 6.45) is 0. The number of non-ortho nitro benzene ring substituents is 1. The number of phenols is 1. The van der Waals surface area contributed by atoms with Crippen LogP contribution in [0.2, 0.25) is 5.02 Å². The molecule has 2 aromatic carbocycles. The number of furan rings is 1. The Bertz CT molecular complexity index is 1000. The molecule has 27 heavy (non-hydrogen) atoms. The third-order valence-corrected chi connectivity index (χ3v) is 3.74. The van der Waals surface area contributed by atoms with Gasteiger partial charge in [0, 0.05) is 17.2 Å². The van der Waals surface area contributed by atoms with Crippen molar-refractivity contribution < 1.29 is 24.0 Å². The number of carbonyl (C=O) groups excluding carboxylic acids is 1. The van der Waals surface area contributed by atoms with Crippen LogP contribution in [-0.4, -0.2) is 15.9 Å². The van der Waals surface area contributed by atoms with E-state index in [0.29, 0.717) is 16.5 Å². The molecular formula is C18H13ClN2O6. The van der Waals surface area contributed by atoms with Crippen LogP contribution >= 0.6 is 11.6 Å². The van der Waals surface area contributed by atoms with Gasteiger partial charge in [-0.1, -0.05) is 17.7 Å². The van der Waals surface area contributed by atoms with Gasteiger partial charge >= 0.3 is 0 Å². The Balaban J connectivity index is 1.66. The van der Waals surface area contributed by atoms with E-state index in [-0.39, 0.29) is 29.5 Å². The molecule has 0 bridgehead atoms. The van der Waals surface area contributed by atoms with Crippen molar-refractivity contribution in [2.24, 2.45) is 0 Å². The summed E-state index contributed by atoms with van der Waals surface area (Å²) >= 11 is 5.87. The monoisotopic (exact) mass is 388 g/mol. The molecule has 3 aromatic rings. The smallest absolute Gasteiger partial charge is 0.291 e. The molecule has 0 fully saturated rings. The van der Waals surface area contributed by atoms with Crippen molar-refractivity contribution in [3.05, 3.63) is 81.3 Å². The maximum absolute atomic E-state index is 12.2. The summed E-state index contributed by atoms with van der Waals surface area (Å²) in [4.78, 5) is 22.4. The number of halogens is 1. The van der Waals surface area contributed by atoms with Gasteiger partial charge in [-0.15, -0.1) is 0 Å². The summed E-state index contributed by atoms with van der Waals surface area (Å²) in [6, 6.07) is 13.1. The number of nitrogens with one attached hydrogen (secondary N) is 1. The lowest BCUT2D eigenvalue weighted by Gasteiger charge is -2.06. The lowest BCUT2D eigenvalue weighted by molar-refractivity contribution is -0.384. The van der Waals surface area contributed by atoms with Gasteiger partial charge in [0.1, 0.15) is 23.9 Å². The fourth-order valence-electron chi connectivity index (χ4n) is 2.21. The second-order valence-electron chi connectivity index (χ2n) is 5.42. The molecule has 8 nitrogen and oxygen atoms in total. The van der Waals surface area contributed by atoms with E-state index in [1.807, 2.05) is 0 Å². The topological polar surface area (TPSA) is 115 Å². The number of anilines is 1. The first-order chi connectivity index (χ1) is 12.9. The minimum Gasteiger partial charge on any atom is -0.506 e. The molecule has 9 heteroatoms. The Morgan fingerprint density at radius 1 is 1.22 bits per heavy atom. The molecule has 1 heterocycles. The largest absolute Gasteiger partial charge is 0.506 e. The summed E-state index contributed by atoms with van der Waals surface area (Å²) in [6.45, 7) is 0.0790. The van der Waals surface area contributed by atoms with E-state index in [9.17, 15) is 20.0 Å². The number of aromatic hydroxyl groups is 1. The van der Waals surface area contributed by atoms with E-state index in [2.05, 4.69) is 5.32 Å². The zero-order valence-corrected chi connectivity index (χ0v) is 14.5. The van der Waals surface area contributed by atoms with Crippen LogP contribution in [0, 0.1) is 10.1 Å². The molecule has 2 N–H and O–H groups in total. The molecule has 0 spiro atoms. The van der Waals surface area contributed by atoms with Gasteiger partial charge in [-0.05, 0) is 36.4 Å². The average Bonchev–Trinajstić information content (AvgIpc) is 3.11. The van der Waals surface area contributed by atoms with Crippen LogP contribution in [0.3, 0.4) is 0 Å². The fraction of sp³-hybridized carbons (Fsp3) is 0.0556. The minimum absolute atomic E-state index is 0.0365. The highest BCUT2D eigenvalue weighted by molar-refractivity contribution is 6.30. The van der Waals surface area contributed by atoms with Crippen molar-refractivity contribution >= 4 is 28.9 Å². The van der Waals surface area contributed by atoms with Crippen molar-refractivity contribution in [1.82, 2.24) is 0 Å². The van der Waals surface area contributed by atoms with Gasteiger partial charge in [-0.2, -0.15) is 0 Å². The van der Waals surface area contributed by atoms with Gasteiger partial charge in [0.05, 0.1) is 10.6 Å². The zero-order chi connectivity index (χ0) is 19.4. The summed E-state index contributed by atoms with van der Waals surface area (Å²) in [5.74, 6) is -0.0646. The van der Waals surface area contributed by atoms with E-state index in [4.69, 9.17) is 20.8 Å². The number of nitro groups is 1. The van der Waals surface area contributed by atoms with Crippen LogP contribution in [0.15, 0.2) is 59.0 Å². The van der Waals surface area contributed by atoms with E-state index in [0.717, 1.165) is 18.2 Å². The molecule has 3 rings (SSSR count). The molecule has 138 valence electrons. The summed E-state index contributed by atoms with van der Waals surface area (Å²) in [5, 5.41) is 23.5. The Labute approximate surface area is 158 Å². The number of phenolic OH excluding ortho intramolecular Hbond substituents is 1. The standard InChI is InChI=1S/C18H13ClN2O6/c19-11-2-1-3-13(8-11)26-10-14-5-7-17(27-14)18(23)20-15-9-12(21(24)25)4-6-16(15)22/h1-9,22H,10H2,(H,20,23). The van der Waals surface area contributed by atoms with Crippen LogP contribution in [0.1, 0.15) is 16.3 Å². The number of nitro benzene ring substituents is 1. The van der Waals surface area contributed by atoms with Crippen LogP contribution in [0.25, 0.3) is 0 Å². The number of nitrogens with zero attached hydrogens (tertiary/aromatic N) is 1. The molecule has 1 amide bonds. The summed E-state index contributed by atoms with van der Waals surface area (Å²) in [7, 11) is 0. The third kappa shape index (κ3) is 4.56. The Hall–Kier alpha value is -3.52. The second kappa shape index (κ2) is 7.79. The van der Waals surface area contributed by atoms with Crippen LogP contribution in [-0.2, 0) is 6.61 Å². The van der Waals surface area contributed by atoms with Gasteiger partial charge in [0.25, 0.3) is 11.6 Å². The molecule has 0 unspecified atom stereocenters. The molecule has 1 aromatic heterocycles. The summed E-state index contributed by atoms with van der Waals surface area (Å²) in [5.41, 5.74) is -0.361. The van der Waals surface area contributed by atoms with Gasteiger partial charge < -0.3 is 19.6 Å². The summed E-state index contributed by atoms with van der Waals surface area (Å²) < 4.78 is 10.9. The lowest BCUT2D eigenvalue weighted by atomic mass is 10.2. The number of benzene rings is 2. The van der Waals surface area contributed by atoms with Crippen LogP contribution in [0.4, 0.5) is 11.4 Å². The quantitative estimate of drug-likeness (QED) is 0.368. The Morgan fingerprint density at radius 3 is 2.78 bits per heavy atom. The third-order valence-electron chi connectivity index (χ3n) is 3.50. The van der Waals surface area contributed by atoms with Crippen molar-refractivity contribution in [2.75, 3.05) is 5.32 Å². The number of amides is 1. The first kappa shape index (κ1) is 18.3. The highest BCUT2D eigenvalue weighted by Crippen LogP contribution is 2.28. The number of rotatable bonds is 6. The normalized spacial score (nSPS) is 10.4. The van der Waals surface area contributed by atoms with Gasteiger partial charge in [-0.3, -0.25) is 14.9 Å². The number of ether oxygens (including phenoxy) is 1. The van der Waals surface area contributed by atoms with Crippen molar-refractivity contribution in [3.8, 4) is 11.5 Å². The molecule has 0 atom stereocenters. The second-order valence-corrected chi connectivity index (χ2v) is 5.86. The lowest BCUT2D eigenvalue weighted by Crippen LogP contribution is -2.11. The SMILES string of the molecule is O=C(Nc1cc([N+](=O)[O-])ccc1O)c1ccc(COc2cccc(Cl)c2)o1. The average molecular weight is 389 g/mol. The molecule has 0 saturated carbocycles. The van der Waals surface area contributed by atoms with Gasteiger partial charge in [0.15, 0.2) is 5.76 Å². The zero-order valence-electron chi connectivity index (χ0n) is 13.7. The minimum atomic E-state index is -0.667. The van der Waals surface area contributed by atoms with Crippen LogP contribution in [0.5, 0.6) is 11.5 Å². The maximum atomic E-state index is 12.2. The highest BCUT2D eigenvalue weighted by Gasteiger charge is 2.16. The first-order valence-corrected chi connectivity index (χ1v) is 8.06. The van der Waals surface area contributed by atoms with E-state index < -0.39 is 10.8 Å². The van der Waals surface area contributed by atoms with Crippen molar-refractivity contribution in [3.63, 3.8) is 0 Å². The predicted octanol–water partition coefficient (Wildman–Crippen LogP) is 4.38. The van der Waals surface area contributed by atoms with E-state index in [1.54, 1.807) is 30.3 Å². The Kier molecular flexibility index (Phi) is 5.28. The van der Waals surface area contributed by atoms with Gasteiger partial charge in [-0.25, -0.2) is 0 Å².